The molecule has 5 heteroatoms. The van der Waals surface area contributed by atoms with Crippen LogP contribution in [0.4, 0.5) is 0 Å². The van der Waals surface area contributed by atoms with Crippen molar-refractivity contribution in [2.75, 3.05) is 19.3 Å². The van der Waals surface area contributed by atoms with Gasteiger partial charge >= 0.3 is 0 Å². The van der Waals surface area contributed by atoms with Crippen molar-refractivity contribution in [3.8, 4) is 0 Å². The maximum atomic E-state index is 12.1. The molecule has 0 saturated carbocycles. The lowest BCUT2D eigenvalue weighted by Crippen LogP contribution is -2.14. The largest absolute Gasteiger partial charge is 0.383 e. The third-order valence-electron chi connectivity index (χ3n) is 2.02. The first-order chi connectivity index (χ1) is 6.60. The van der Waals surface area contributed by atoms with E-state index in [-0.39, 0.29) is 0 Å². The molecule has 0 fully saturated rings. The van der Waals surface area contributed by atoms with Crippen LogP contribution < -0.4 is 5.73 Å². The average Bonchev–Trinajstić information content (AvgIpc) is 2.15. The molecular formula is C9H22NO3P. The van der Waals surface area contributed by atoms with Gasteiger partial charge in [-0.15, -0.1) is 0 Å². The Hall–Kier alpha value is 0.110. The van der Waals surface area contributed by atoms with E-state index in [9.17, 15) is 9.67 Å². The van der Waals surface area contributed by atoms with Crippen LogP contribution >= 0.6 is 7.37 Å². The van der Waals surface area contributed by atoms with Gasteiger partial charge < -0.3 is 15.4 Å². The Balaban J connectivity index is 4.28. The van der Waals surface area contributed by atoms with Crippen molar-refractivity contribution < 1.29 is 14.2 Å². The van der Waals surface area contributed by atoms with Crippen molar-refractivity contribution >= 4 is 7.37 Å². The van der Waals surface area contributed by atoms with Gasteiger partial charge in [-0.2, -0.15) is 0 Å². The van der Waals surface area contributed by atoms with E-state index in [1.165, 1.54) is 0 Å². The van der Waals surface area contributed by atoms with Gasteiger partial charge in [0, 0.05) is 6.16 Å². The van der Waals surface area contributed by atoms with E-state index in [0.29, 0.717) is 32.2 Å². The lowest BCUT2D eigenvalue weighted by Gasteiger charge is -2.22. The maximum Gasteiger partial charge on any atom is 0.230 e. The van der Waals surface area contributed by atoms with Crippen LogP contribution in [0.5, 0.6) is 0 Å². The minimum Gasteiger partial charge on any atom is -0.383 e. The quantitative estimate of drug-likeness (QED) is 0.615. The van der Waals surface area contributed by atoms with E-state index in [0.717, 1.165) is 6.42 Å². The fraction of sp³-hybridized carbons (Fsp3) is 1.00. The molecular weight excluding hydrogens is 201 g/mol. The van der Waals surface area contributed by atoms with E-state index in [2.05, 4.69) is 0 Å². The lowest BCUT2D eigenvalue weighted by molar-refractivity contribution is 0.201. The Labute approximate surface area is 86.3 Å². The molecule has 0 aromatic rings. The van der Waals surface area contributed by atoms with E-state index in [4.69, 9.17) is 10.3 Å². The third-order valence-corrected chi connectivity index (χ3v) is 4.82. The van der Waals surface area contributed by atoms with Crippen LogP contribution in [0.15, 0.2) is 0 Å². The van der Waals surface area contributed by atoms with Crippen LogP contribution in [0.3, 0.4) is 0 Å². The smallest absolute Gasteiger partial charge is 0.230 e. The Bertz CT molecular complexity index is 187. The number of nitrogens with two attached hydrogens (primary N) is 1. The normalized spacial score (nSPS) is 17.7. The monoisotopic (exact) mass is 223 g/mol. The first-order valence-electron chi connectivity index (χ1n) is 5.22. The molecule has 0 saturated heterocycles. The molecule has 0 rings (SSSR count). The summed E-state index contributed by atoms with van der Waals surface area (Å²) in [5.41, 5.74) is 5.35. The molecule has 0 aliphatic rings. The van der Waals surface area contributed by atoms with E-state index in [1.807, 2.05) is 6.92 Å². The fourth-order valence-electron chi connectivity index (χ4n) is 1.28. The molecule has 0 aromatic carbocycles. The predicted molar refractivity (Wildman–Crippen MR) is 58.7 cm³/mol. The topological polar surface area (TPSA) is 72.5 Å². The Morgan fingerprint density at radius 1 is 1.50 bits per heavy atom. The second-order valence-corrected chi connectivity index (χ2v) is 6.03. The predicted octanol–water partition coefficient (Wildman–Crippen LogP) is 1.77. The minimum atomic E-state index is -2.87. The van der Waals surface area contributed by atoms with Gasteiger partial charge in [0.05, 0.1) is 6.61 Å². The van der Waals surface area contributed by atoms with Gasteiger partial charge in [-0.25, -0.2) is 0 Å². The molecule has 2 unspecified atom stereocenters. The zero-order valence-electron chi connectivity index (χ0n) is 9.11. The molecule has 0 bridgehead atoms. The van der Waals surface area contributed by atoms with Gasteiger partial charge in [-0.3, -0.25) is 4.57 Å². The number of rotatable bonds is 8. The van der Waals surface area contributed by atoms with Crippen molar-refractivity contribution in [2.24, 2.45) is 5.73 Å². The van der Waals surface area contributed by atoms with Gasteiger partial charge in [-0.05, 0) is 26.3 Å². The summed E-state index contributed by atoms with van der Waals surface area (Å²) in [6.45, 7) is 4.59. The molecule has 3 N–H and O–H groups in total. The zero-order chi connectivity index (χ0) is 11.0. The highest BCUT2D eigenvalue weighted by molar-refractivity contribution is 7.59. The molecule has 0 aliphatic heterocycles. The molecule has 86 valence electrons. The van der Waals surface area contributed by atoms with Crippen molar-refractivity contribution in [1.29, 1.82) is 0 Å². The molecule has 4 nitrogen and oxygen atoms in total. The second kappa shape index (κ2) is 7.41. The Morgan fingerprint density at radius 3 is 2.57 bits per heavy atom. The SMILES string of the molecule is CCCC(O)P(=O)(CCCN)OCC. The van der Waals surface area contributed by atoms with Crippen molar-refractivity contribution in [2.45, 2.75) is 39.0 Å². The first-order valence-corrected chi connectivity index (χ1v) is 7.10. The van der Waals surface area contributed by atoms with E-state index < -0.39 is 13.2 Å². The summed E-state index contributed by atoms with van der Waals surface area (Å²) in [7, 11) is -2.87. The van der Waals surface area contributed by atoms with Crippen LogP contribution in [0.2, 0.25) is 0 Å². The first kappa shape index (κ1) is 14.1. The summed E-state index contributed by atoms with van der Waals surface area (Å²) in [5.74, 6) is -0.820. The van der Waals surface area contributed by atoms with Crippen LogP contribution in [0.1, 0.15) is 33.1 Å². The van der Waals surface area contributed by atoms with Gasteiger partial charge in [0.1, 0.15) is 5.85 Å². The van der Waals surface area contributed by atoms with Gasteiger partial charge in [0.15, 0.2) is 0 Å². The highest BCUT2D eigenvalue weighted by atomic mass is 31.2. The number of hydrogen-bond donors (Lipinski definition) is 2. The van der Waals surface area contributed by atoms with E-state index >= 15 is 0 Å². The lowest BCUT2D eigenvalue weighted by atomic mass is 10.4. The fourth-order valence-corrected chi connectivity index (χ4v) is 3.60. The number of aliphatic hydroxyl groups is 1. The van der Waals surface area contributed by atoms with Crippen LogP contribution in [0, 0.1) is 0 Å². The highest BCUT2D eigenvalue weighted by Crippen LogP contribution is 2.52. The summed E-state index contributed by atoms with van der Waals surface area (Å²) >= 11 is 0. The van der Waals surface area contributed by atoms with Crippen LogP contribution in [-0.2, 0) is 9.09 Å². The summed E-state index contributed by atoms with van der Waals surface area (Å²) in [6, 6.07) is 0. The molecule has 0 amide bonds. The maximum absolute atomic E-state index is 12.1. The standard InChI is InChI=1S/C9H22NO3P/c1-3-6-9(11)14(12,13-4-2)8-5-7-10/h9,11H,3-8,10H2,1-2H3. The van der Waals surface area contributed by atoms with Crippen molar-refractivity contribution in [3.63, 3.8) is 0 Å². The number of hydrogen-bond acceptors (Lipinski definition) is 4. The molecule has 0 heterocycles. The second-order valence-electron chi connectivity index (χ2n) is 3.28. The van der Waals surface area contributed by atoms with Gasteiger partial charge in [0.2, 0.25) is 7.37 Å². The summed E-state index contributed by atoms with van der Waals surface area (Å²) in [4.78, 5) is 0. The van der Waals surface area contributed by atoms with Crippen LogP contribution in [-0.4, -0.2) is 30.3 Å². The van der Waals surface area contributed by atoms with Crippen molar-refractivity contribution in [1.82, 2.24) is 0 Å². The Kier molecular flexibility index (Phi) is 7.47. The Morgan fingerprint density at radius 2 is 2.14 bits per heavy atom. The zero-order valence-corrected chi connectivity index (χ0v) is 10.0. The molecule has 0 aromatic heterocycles. The molecule has 0 radical (unpaired) electrons. The summed E-state index contributed by atoms with van der Waals surface area (Å²) in [6.07, 6.45) is 2.36. The number of aliphatic hydroxyl groups excluding tert-OH is 1. The highest BCUT2D eigenvalue weighted by Gasteiger charge is 2.30. The van der Waals surface area contributed by atoms with Crippen LogP contribution in [0.25, 0.3) is 0 Å². The summed E-state index contributed by atoms with van der Waals surface area (Å²) < 4.78 is 17.3. The minimum absolute atomic E-state index is 0.378. The summed E-state index contributed by atoms with van der Waals surface area (Å²) in [5, 5.41) is 9.70. The average molecular weight is 223 g/mol. The van der Waals surface area contributed by atoms with Gasteiger partial charge in [0.25, 0.3) is 0 Å². The van der Waals surface area contributed by atoms with Crippen molar-refractivity contribution in [3.05, 3.63) is 0 Å². The third kappa shape index (κ3) is 4.56. The molecule has 0 aliphatic carbocycles. The molecule has 14 heavy (non-hydrogen) atoms. The molecule has 2 atom stereocenters. The van der Waals surface area contributed by atoms with Gasteiger partial charge in [-0.1, -0.05) is 13.3 Å². The molecule has 0 spiro atoms. The van der Waals surface area contributed by atoms with E-state index in [1.54, 1.807) is 6.92 Å².